The Labute approximate surface area is 112 Å². The summed E-state index contributed by atoms with van der Waals surface area (Å²) in [4.78, 5) is 12.1. The molecule has 0 unspecified atom stereocenters. The zero-order valence-electron chi connectivity index (χ0n) is 11.7. The zero-order valence-corrected chi connectivity index (χ0v) is 11.7. The Hall–Kier alpha value is -2.10. The minimum absolute atomic E-state index is 0.0381. The predicted molar refractivity (Wildman–Crippen MR) is 74.3 cm³/mol. The lowest BCUT2D eigenvalue weighted by atomic mass is 9.86. The first-order chi connectivity index (χ1) is 8.88. The lowest BCUT2D eigenvalue weighted by Gasteiger charge is -2.22. The number of aromatic nitrogens is 1. The molecule has 0 saturated carbocycles. The van der Waals surface area contributed by atoms with E-state index in [1.54, 1.807) is 13.0 Å². The highest BCUT2D eigenvalue weighted by Crippen LogP contribution is 2.29. The maximum absolute atomic E-state index is 12.1. The SMILES string of the molecule is Cc1cc(C(=O)Nc2ccccc2C(C)(C)C)no1. The first kappa shape index (κ1) is 13.3. The van der Waals surface area contributed by atoms with E-state index in [0.717, 1.165) is 11.3 Å². The minimum Gasteiger partial charge on any atom is -0.361 e. The summed E-state index contributed by atoms with van der Waals surface area (Å²) in [6.45, 7) is 8.08. The number of anilines is 1. The number of carbonyl (C=O) groups excluding carboxylic acids is 1. The van der Waals surface area contributed by atoms with E-state index in [0.29, 0.717) is 11.5 Å². The Morgan fingerprint density at radius 3 is 2.53 bits per heavy atom. The predicted octanol–water partition coefficient (Wildman–Crippen LogP) is 3.53. The van der Waals surface area contributed by atoms with Gasteiger partial charge in [0.1, 0.15) is 5.76 Å². The molecule has 0 aliphatic rings. The van der Waals surface area contributed by atoms with Gasteiger partial charge in [0.05, 0.1) is 0 Å². The number of hydrogen-bond acceptors (Lipinski definition) is 3. The summed E-state index contributed by atoms with van der Waals surface area (Å²) in [6, 6.07) is 9.40. The average Bonchev–Trinajstić information content (AvgIpc) is 2.75. The van der Waals surface area contributed by atoms with Crippen molar-refractivity contribution in [2.45, 2.75) is 33.1 Å². The highest BCUT2D eigenvalue weighted by Gasteiger charge is 2.19. The fourth-order valence-electron chi connectivity index (χ4n) is 1.91. The quantitative estimate of drug-likeness (QED) is 0.896. The van der Waals surface area contributed by atoms with Crippen molar-refractivity contribution in [3.8, 4) is 0 Å². The maximum atomic E-state index is 12.1. The number of amides is 1. The van der Waals surface area contributed by atoms with Crippen molar-refractivity contribution in [1.29, 1.82) is 0 Å². The van der Waals surface area contributed by atoms with E-state index in [4.69, 9.17) is 4.52 Å². The molecule has 0 radical (unpaired) electrons. The number of hydrogen-bond donors (Lipinski definition) is 1. The summed E-state index contributed by atoms with van der Waals surface area (Å²) < 4.78 is 4.91. The standard InChI is InChI=1S/C15H18N2O2/c1-10-9-13(17-19-10)14(18)16-12-8-6-5-7-11(12)15(2,3)4/h5-9H,1-4H3,(H,16,18). The average molecular weight is 258 g/mol. The Bertz CT molecular complexity index is 594. The van der Waals surface area contributed by atoms with Gasteiger partial charge in [-0.25, -0.2) is 0 Å². The van der Waals surface area contributed by atoms with Gasteiger partial charge in [0.15, 0.2) is 5.69 Å². The summed E-state index contributed by atoms with van der Waals surface area (Å²) >= 11 is 0. The van der Waals surface area contributed by atoms with Gasteiger partial charge in [0.25, 0.3) is 5.91 Å². The molecule has 0 fully saturated rings. The molecular weight excluding hydrogens is 240 g/mol. The number of benzene rings is 1. The highest BCUT2D eigenvalue weighted by atomic mass is 16.5. The van der Waals surface area contributed by atoms with Gasteiger partial charge in [-0.15, -0.1) is 0 Å². The molecule has 0 spiro atoms. The molecule has 1 aromatic carbocycles. The fraction of sp³-hybridized carbons (Fsp3) is 0.333. The summed E-state index contributed by atoms with van der Waals surface area (Å²) in [5.74, 6) is 0.364. The van der Waals surface area contributed by atoms with Gasteiger partial charge in [-0.05, 0) is 24.0 Å². The summed E-state index contributed by atoms with van der Waals surface area (Å²) in [7, 11) is 0. The lowest BCUT2D eigenvalue weighted by Crippen LogP contribution is -2.18. The third-order valence-corrected chi connectivity index (χ3v) is 2.84. The minimum atomic E-state index is -0.256. The van der Waals surface area contributed by atoms with E-state index < -0.39 is 0 Å². The molecule has 0 aliphatic heterocycles. The Morgan fingerprint density at radius 1 is 1.26 bits per heavy atom. The molecular formula is C15H18N2O2. The molecule has 4 nitrogen and oxygen atoms in total. The van der Waals surface area contributed by atoms with Crippen molar-refractivity contribution < 1.29 is 9.32 Å². The van der Waals surface area contributed by atoms with Gasteiger partial charge in [0, 0.05) is 11.8 Å². The number of nitrogens with one attached hydrogen (secondary N) is 1. The molecule has 0 saturated heterocycles. The van der Waals surface area contributed by atoms with E-state index in [9.17, 15) is 4.79 Å². The Morgan fingerprint density at radius 2 is 1.95 bits per heavy atom. The van der Waals surface area contributed by atoms with Crippen LogP contribution in [0.1, 0.15) is 42.6 Å². The van der Waals surface area contributed by atoms with Crippen LogP contribution in [0.4, 0.5) is 5.69 Å². The number of rotatable bonds is 2. The van der Waals surface area contributed by atoms with E-state index in [-0.39, 0.29) is 11.3 Å². The molecule has 4 heteroatoms. The first-order valence-electron chi connectivity index (χ1n) is 6.22. The summed E-state index contributed by atoms with van der Waals surface area (Å²) in [6.07, 6.45) is 0. The van der Waals surface area contributed by atoms with Crippen molar-refractivity contribution in [2.24, 2.45) is 0 Å². The van der Waals surface area contributed by atoms with E-state index >= 15 is 0 Å². The zero-order chi connectivity index (χ0) is 14.0. The van der Waals surface area contributed by atoms with Crippen LogP contribution in [0, 0.1) is 6.92 Å². The lowest BCUT2D eigenvalue weighted by molar-refractivity contribution is 0.101. The van der Waals surface area contributed by atoms with Crippen LogP contribution in [0.2, 0.25) is 0 Å². The third-order valence-electron chi connectivity index (χ3n) is 2.84. The first-order valence-corrected chi connectivity index (χ1v) is 6.22. The molecule has 1 heterocycles. The molecule has 2 aromatic rings. The van der Waals surface area contributed by atoms with Gasteiger partial charge in [-0.3, -0.25) is 4.79 Å². The monoisotopic (exact) mass is 258 g/mol. The van der Waals surface area contributed by atoms with Crippen molar-refractivity contribution in [3.05, 3.63) is 47.3 Å². The van der Waals surface area contributed by atoms with Crippen LogP contribution in [0.25, 0.3) is 0 Å². The number of para-hydroxylation sites is 1. The Kier molecular flexibility index (Phi) is 3.42. The van der Waals surface area contributed by atoms with Gasteiger partial charge < -0.3 is 9.84 Å². The molecule has 0 atom stereocenters. The van der Waals surface area contributed by atoms with Crippen LogP contribution in [0.5, 0.6) is 0 Å². The smallest absolute Gasteiger partial charge is 0.277 e. The molecule has 1 N–H and O–H groups in total. The maximum Gasteiger partial charge on any atom is 0.277 e. The second-order valence-electron chi connectivity index (χ2n) is 5.57. The fourth-order valence-corrected chi connectivity index (χ4v) is 1.91. The van der Waals surface area contributed by atoms with Crippen LogP contribution in [-0.2, 0) is 5.41 Å². The van der Waals surface area contributed by atoms with Crippen LogP contribution in [0.3, 0.4) is 0 Å². The van der Waals surface area contributed by atoms with Crippen LogP contribution >= 0.6 is 0 Å². The molecule has 1 aromatic heterocycles. The van der Waals surface area contributed by atoms with Crippen molar-refractivity contribution in [1.82, 2.24) is 5.16 Å². The number of nitrogens with zero attached hydrogens (tertiary/aromatic N) is 1. The summed E-state index contributed by atoms with van der Waals surface area (Å²) in [5, 5.41) is 6.60. The Balaban J connectivity index is 2.27. The van der Waals surface area contributed by atoms with Gasteiger partial charge in [-0.2, -0.15) is 0 Å². The topological polar surface area (TPSA) is 55.1 Å². The van der Waals surface area contributed by atoms with Crippen LogP contribution in [-0.4, -0.2) is 11.1 Å². The van der Waals surface area contributed by atoms with E-state index in [2.05, 4.69) is 31.2 Å². The van der Waals surface area contributed by atoms with Crippen LogP contribution in [0.15, 0.2) is 34.9 Å². The van der Waals surface area contributed by atoms with Crippen molar-refractivity contribution >= 4 is 11.6 Å². The van der Waals surface area contributed by atoms with E-state index in [1.807, 2.05) is 24.3 Å². The molecule has 0 bridgehead atoms. The van der Waals surface area contributed by atoms with Crippen molar-refractivity contribution in [2.75, 3.05) is 5.32 Å². The highest BCUT2D eigenvalue weighted by molar-refractivity contribution is 6.03. The second-order valence-corrected chi connectivity index (χ2v) is 5.57. The second kappa shape index (κ2) is 4.88. The van der Waals surface area contributed by atoms with Gasteiger partial charge in [0.2, 0.25) is 0 Å². The van der Waals surface area contributed by atoms with Crippen LogP contribution < -0.4 is 5.32 Å². The number of aryl methyl sites for hydroxylation is 1. The third kappa shape index (κ3) is 3.02. The van der Waals surface area contributed by atoms with Crippen molar-refractivity contribution in [3.63, 3.8) is 0 Å². The molecule has 0 aliphatic carbocycles. The molecule has 19 heavy (non-hydrogen) atoms. The summed E-state index contributed by atoms with van der Waals surface area (Å²) in [5.41, 5.74) is 2.15. The molecule has 1 amide bonds. The van der Waals surface area contributed by atoms with E-state index in [1.165, 1.54) is 0 Å². The number of carbonyl (C=O) groups is 1. The molecule has 2 rings (SSSR count). The van der Waals surface area contributed by atoms with Gasteiger partial charge >= 0.3 is 0 Å². The molecule has 100 valence electrons. The normalized spacial score (nSPS) is 11.4. The largest absolute Gasteiger partial charge is 0.361 e. The van der Waals surface area contributed by atoms with Gasteiger partial charge in [-0.1, -0.05) is 44.1 Å².